The van der Waals surface area contributed by atoms with Gasteiger partial charge >= 0.3 is 0 Å². The molecule has 2 heteroatoms. The molecule has 1 heterocycles. The van der Waals surface area contributed by atoms with Crippen LogP contribution in [0.25, 0.3) is 0 Å². The second-order valence-electron chi connectivity index (χ2n) is 3.80. The highest BCUT2D eigenvalue weighted by atomic mass is 16.3. The first-order chi connectivity index (χ1) is 5.83. The minimum absolute atomic E-state index is 0.0805. The highest BCUT2D eigenvalue weighted by Gasteiger charge is 2.14. The maximum absolute atomic E-state index is 9.60. The van der Waals surface area contributed by atoms with E-state index >= 15 is 0 Å². The lowest BCUT2D eigenvalue weighted by molar-refractivity contribution is 0.115. The number of β-amino-alcohol motifs (C(OH)–C–C–N with tert-alkyl or cyclic N) is 1. The molecule has 1 saturated heterocycles. The molecule has 72 valence electrons. The normalized spacial score (nSPS) is 21.5. The van der Waals surface area contributed by atoms with E-state index in [1.807, 2.05) is 0 Å². The van der Waals surface area contributed by atoms with Crippen LogP contribution in [0, 0.1) is 0 Å². The van der Waals surface area contributed by atoms with Crippen molar-refractivity contribution in [3.8, 4) is 0 Å². The van der Waals surface area contributed by atoms with Crippen LogP contribution in [0.3, 0.4) is 0 Å². The Kier molecular flexibility index (Phi) is 4.62. The highest BCUT2D eigenvalue weighted by molar-refractivity contribution is 4.69. The Labute approximate surface area is 75.6 Å². The third-order valence-corrected chi connectivity index (χ3v) is 2.56. The van der Waals surface area contributed by atoms with E-state index in [0.29, 0.717) is 0 Å². The van der Waals surface area contributed by atoms with Crippen molar-refractivity contribution in [3.05, 3.63) is 0 Å². The third kappa shape index (κ3) is 3.55. The van der Waals surface area contributed by atoms with Crippen LogP contribution in [0.15, 0.2) is 0 Å². The molecule has 1 rings (SSSR count). The minimum Gasteiger partial charge on any atom is -0.392 e. The largest absolute Gasteiger partial charge is 0.392 e. The van der Waals surface area contributed by atoms with Gasteiger partial charge in [0.2, 0.25) is 0 Å². The molecule has 1 fully saturated rings. The summed E-state index contributed by atoms with van der Waals surface area (Å²) >= 11 is 0. The summed E-state index contributed by atoms with van der Waals surface area (Å²) in [5, 5.41) is 9.60. The van der Waals surface area contributed by atoms with E-state index < -0.39 is 0 Å². The molecule has 0 aliphatic carbocycles. The topological polar surface area (TPSA) is 23.5 Å². The fraction of sp³-hybridized carbons (Fsp3) is 1.00. The SMILES string of the molecule is CCCC[C@@H](O)CN1CCCC1. The van der Waals surface area contributed by atoms with E-state index in [4.69, 9.17) is 0 Å². The van der Waals surface area contributed by atoms with Crippen molar-refractivity contribution >= 4 is 0 Å². The lowest BCUT2D eigenvalue weighted by Crippen LogP contribution is -2.29. The summed E-state index contributed by atoms with van der Waals surface area (Å²) in [5.74, 6) is 0. The summed E-state index contributed by atoms with van der Waals surface area (Å²) in [6.07, 6.45) is 5.89. The van der Waals surface area contributed by atoms with Gasteiger partial charge in [0.05, 0.1) is 6.10 Å². The van der Waals surface area contributed by atoms with Crippen molar-refractivity contribution in [1.29, 1.82) is 0 Å². The van der Waals surface area contributed by atoms with Crippen LogP contribution in [0.1, 0.15) is 39.0 Å². The Morgan fingerprint density at radius 2 is 2.00 bits per heavy atom. The van der Waals surface area contributed by atoms with Crippen LogP contribution >= 0.6 is 0 Å². The summed E-state index contributed by atoms with van der Waals surface area (Å²) < 4.78 is 0. The molecule has 0 bridgehead atoms. The molecule has 0 aromatic heterocycles. The van der Waals surface area contributed by atoms with E-state index in [9.17, 15) is 5.11 Å². The van der Waals surface area contributed by atoms with Gasteiger partial charge < -0.3 is 10.0 Å². The number of rotatable bonds is 5. The molecule has 0 amide bonds. The first-order valence-electron chi connectivity index (χ1n) is 5.23. The maximum atomic E-state index is 9.60. The van der Waals surface area contributed by atoms with E-state index in [1.54, 1.807) is 0 Å². The Morgan fingerprint density at radius 1 is 1.33 bits per heavy atom. The predicted octanol–water partition coefficient (Wildman–Crippen LogP) is 1.63. The molecular formula is C10H21NO. The van der Waals surface area contributed by atoms with Gasteiger partial charge in [-0.15, -0.1) is 0 Å². The number of hydrogen-bond donors (Lipinski definition) is 1. The van der Waals surface area contributed by atoms with Gasteiger partial charge in [0, 0.05) is 6.54 Å². The predicted molar refractivity (Wildman–Crippen MR) is 51.2 cm³/mol. The van der Waals surface area contributed by atoms with Crippen molar-refractivity contribution in [3.63, 3.8) is 0 Å². The van der Waals surface area contributed by atoms with E-state index in [-0.39, 0.29) is 6.10 Å². The van der Waals surface area contributed by atoms with Gasteiger partial charge in [-0.2, -0.15) is 0 Å². The van der Waals surface area contributed by atoms with E-state index in [0.717, 1.165) is 19.4 Å². The summed E-state index contributed by atoms with van der Waals surface area (Å²) in [4.78, 5) is 2.38. The van der Waals surface area contributed by atoms with Gasteiger partial charge in [0.25, 0.3) is 0 Å². The Morgan fingerprint density at radius 3 is 2.58 bits per heavy atom. The second-order valence-corrected chi connectivity index (χ2v) is 3.80. The quantitative estimate of drug-likeness (QED) is 0.679. The number of likely N-dealkylation sites (tertiary alicyclic amines) is 1. The number of aliphatic hydroxyl groups excluding tert-OH is 1. The summed E-state index contributed by atoms with van der Waals surface area (Å²) in [6, 6.07) is 0. The smallest absolute Gasteiger partial charge is 0.0667 e. The number of nitrogens with zero attached hydrogens (tertiary/aromatic N) is 1. The standard InChI is InChI=1S/C10H21NO/c1-2-3-6-10(12)9-11-7-4-5-8-11/h10,12H,2-9H2,1H3/t10-/m1/s1. The maximum Gasteiger partial charge on any atom is 0.0667 e. The van der Waals surface area contributed by atoms with Gasteiger partial charge in [-0.25, -0.2) is 0 Å². The Bertz CT molecular complexity index is 110. The van der Waals surface area contributed by atoms with Gasteiger partial charge in [-0.3, -0.25) is 0 Å². The zero-order valence-electron chi connectivity index (χ0n) is 8.13. The fourth-order valence-corrected chi connectivity index (χ4v) is 1.79. The average Bonchev–Trinajstić information content (AvgIpc) is 2.53. The molecule has 0 aromatic carbocycles. The lowest BCUT2D eigenvalue weighted by Gasteiger charge is -2.18. The molecule has 0 radical (unpaired) electrons. The summed E-state index contributed by atoms with van der Waals surface area (Å²) in [7, 11) is 0. The zero-order chi connectivity index (χ0) is 8.81. The molecule has 2 nitrogen and oxygen atoms in total. The highest BCUT2D eigenvalue weighted by Crippen LogP contribution is 2.09. The molecule has 1 atom stereocenters. The third-order valence-electron chi connectivity index (χ3n) is 2.56. The molecule has 1 aliphatic rings. The van der Waals surface area contributed by atoms with E-state index in [1.165, 1.54) is 32.4 Å². The van der Waals surface area contributed by atoms with Gasteiger partial charge in [0.1, 0.15) is 0 Å². The first-order valence-corrected chi connectivity index (χ1v) is 5.23. The Balaban J connectivity index is 2.03. The van der Waals surface area contributed by atoms with Crippen LogP contribution in [0.2, 0.25) is 0 Å². The fourth-order valence-electron chi connectivity index (χ4n) is 1.79. The van der Waals surface area contributed by atoms with Crippen LogP contribution < -0.4 is 0 Å². The van der Waals surface area contributed by atoms with Gasteiger partial charge in [-0.1, -0.05) is 19.8 Å². The average molecular weight is 171 g/mol. The van der Waals surface area contributed by atoms with Crippen LogP contribution in [-0.4, -0.2) is 35.7 Å². The monoisotopic (exact) mass is 171 g/mol. The molecule has 12 heavy (non-hydrogen) atoms. The van der Waals surface area contributed by atoms with Crippen molar-refractivity contribution in [2.24, 2.45) is 0 Å². The number of aliphatic hydroxyl groups is 1. The number of hydrogen-bond acceptors (Lipinski definition) is 2. The molecule has 0 spiro atoms. The van der Waals surface area contributed by atoms with Crippen molar-refractivity contribution in [1.82, 2.24) is 4.90 Å². The zero-order valence-corrected chi connectivity index (χ0v) is 8.13. The number of unbranched alkanes of at least 4 members (excludes halogenated alkanes) is 1. The molecule has 1 aliphatic heterocycles. The van der Waals surface area contributed by atoms with Crippen LogP contribution in [-0.2, 0) is 0 Å². The Hall–Kier alpha value is -0.0800. The van der Waals surface area contributed by atoms with Crippen LogP contribution in [0.5, 0.6) is 0 Å². The molecule has 0 unspecified atom stereocenters. The van der Waals surface area contributed by atoms with Crippen molar-refractivity contribution < 1.29 is 5.11 Å². The molecule has 0 saturated carbocycles. The second kappa shape index (κ2) is 5.55. The molecule has 1 N–H and O–H groups in total. The minimum atomic E-state index is -0.0805. The van der Waals surface area contributed by atoms with Gasteiger partial charge in [-0.05, 0) is 32.4 Å². The lowest BCUT2D eigenvalue weighted by atomic mass is 10.1. The van der Waals surface area contributed by atoms with Crippen molar-refractivity contribution in [2.75, 3.05) is 19.6 Å². The summed E-state index contributed by atoms with van der Waals surface area (Å²) in [6.45, 7) is 5.47. The van der Waals surface area contributed by atoms with Crippen molar-refractivity contribution in [2.45, 2.75) is 45.1 Å². The van der Waals surface area contributed by atoms with E-state index in [2.05, 4.69) is 11.8 Å². The molecule has 0 aromatic rings. The first kappa shape index (κ1) is 10.0. The molecular weight excluding hydrogens is 150 g/mol. The van der Waals surface area contributed by atoms with Crippen LogP contribution in [0.4, 0.5) is 0 Å². The summed E-state index contributed by atoms with van der Waals surface area (Å²) in [5.41, 5.74) is 0. The van der Waals surface area contributed by atoms with Gasteiger partial charge in [0.15, 0.2) is 0 Å².